The van der Waals surface area contributed by atoms with Gasteiger partial charge in [0, 0.05) is 42.6 Å². The molecule has 168 valence electrons. The number of fused-ring (bicyclic) bond motifs is 1. The number of aliphatic hydroxyl groups excluding tert-OH is 1. The highest BCUT2D eigenvalue weighted by Gasteiger charge is 2.49. The van der Waals surface area contributed by atoms with Crippen molar-refractivity contribution in [1.82, 2.24) is 14.7 Å². The Kier molecular flexibility index (Phi) is 7.32. The third-order valence-corrected chi connectivity index (χ3v) is 7.31. The first-order valence-electron chi connectivity index (χ1n) is 12.0. The van der Waals surface area contributed by atoms with Crippen molar-refractivity contribution in [3.8, 4) is 11.8 Å². The van der Waals surface area contributed by atoms with Crippen LogP contribution in [0.5, 0.6) is 0 Å². The number of carbonyl (C=O) groups excluding carboxylic acids is 1. The van der Waals surface area contributed by atoms with Gasteiger partial charge in [-0.05, 0) is 64.0 Å². The molecule has 1 amide bonds. The van der Waals surface area contributed by atoms with Crippen LogP contribution in [0.3, 0.4) is 0 Å². The largest absolute Gasteiger partial charge is 0.395 e. The number of aliphatic hydroxyl groups is 1. The average Bonchev–Trinajstić information content (AvgIpc) is 3.28. The number of rotatable bonds is 4. The maximum atomic E-state index is 13.2. The fourth-order valence-corrected chi connectivity index (χ4v) is 5.66. The SMILES string of the molecule is CN(C)CC#Cc1ccc([C@H]2[C@@H](CO)N3CCCCN(C(=O)C4CCCC4)C[C@@H]23)cc1. The zero-order chi connectivity index (χ0) is 21.8. The highest BCUT2D eigenvalue weighted by Crippen LogP contribution is 2.42. The molecule has 4 rings (SSSR count). The van der Waals surface area contributed by atoms with E-state index >= 15 is 0 Å². The van der Waals surface area contributed by atoms with Crippen LogP contribution in [0.25, 0.3) is 0 Å². The van der Waals surface area contributed by atoms with Gasteiger partial charge in [-0.2, -0.15) is 0 Å². The lowest BCUT2D eigenvalue weighted by atomic mass is 9.74. The Morgan fingerprint density at radius 2 is 1.81 bits per heavy atom. The molecule has 0 spiro atoms. The van der Waals surface area contributed by atoms with E-state index in [1.54, 1.807) is 0 Å². The summed E-state index contributed by atoms with van der Waals surface area (Å²) in [5, 5.41) is 10.1. The molecule has 0 unspecified atom stereocenters. The number of nitrogens with zero attached hydrogens (tertiary/aromatic N) is 3. The molecule has 1 saturated carbocycles. The quantitative estimate of drug-likeness (QED) is 0.756. The zero-order valence-corrected chi connectivity index (χ0v) is 19.1. The van der Waals surface area contributed by atoms with Gasteiger partial charge in [0.25, 0.3) is 0 Å². The molecule has 31 heavy (non-hydrogen) atoms. The lowest BCUT2D eigenvalue weighted by molar-refractivity contribution is -0.140. The summed E-state index contributed by atoms with van der Waals surface area (Å²) in [5.41, 5.74) is 2.28. The van der Waals surface area contributed by atoms with Gasteiger partial charge in [-0.15, -0.1) is 0 Å². The molecule has 2 saturated heterocycles. The average molecular weight is 424 g/mol. The predicted octanol–water partition coefficient (Wildman–Crippen LogP) is 2.54. The number of amides is 1. The minimum absolute atomic E-state index is 0.150. The number of carbonyl (C=O) groups is 1. The Morgan fingerprint density at radius 1 is 1.10 bits per heavy atom. The minimum Gasteiger partial charge on any atom is -0.395 e. The van der Waals surface area contributed by atoms with Crippen LogP contribution in [-0.2, 0) is 4.79 Å². The van der Waals surface area contributed by atoms with Crippen molar-refractivity contribution in [3.63, 3.8) is 0 Å². The van der Waals surface area contributed by atoms with E-state index in [1.165, 1.54) is 18.4 Å². The van der Waals surface area contributed by atoms with Crippen LogP contribution >= 0.6 is 0 Å². The van der Waals surface area contributed by atoms with Crippen molar-refractivity contribution in [1.29, 1.82) is 0 Å². The van der Waals surface area contributed by atoms with E-state index in [1.807, 2.05) is 14.1 Å². The van der Waals surface area contributed by atoms with E-state index < -0.39 is 0 Å². The van der Waals surface area contributed by atoms with Gasteiger partial charge in [0.2, 0.25) is 5.91 Å². The summed E-state index contributed by atoms with van der Waals surface area (Å²) < 4.78 is 0. The molecular weight excluding hydrogens is 386 g/mol. The first kappa shape index (κ1) is 22.3. The molecule has 1 aromatic rings. The van der Waals surface area contributed by atoms with Gasteiger partial charge in [-0.3, -0.25) is 14.6 Å². The van der Waals surface area contributed by atoms with Gasteiger partial charge in [0.05, 0.1) is 13.2 Å². The number of benzene rings is 1. The monoisotopic (exact) mass is 423 g/mol. The number of hydrogen-bond donors (Lipinski definition) is 1. The molecule has 1 aromatic carbocycles. The summed E-state index contributed by atoms with van der Waals surface area (Å²) >= 11 is 0. The molecule has 1 aliphatic carbocycles. The standard InChI is InChI=1S/C26H37N3O2/c1-27(2)15-7-8-20-11-13-21(14-12-20)25-23-18-28(26(31)22-9-3-4-10-22)16-5-6-17-29(23)24(25)19-30/h11-14,22-25,30H,3-6,9-10,15-19H2,1-2H3/t23-,24+,25+/m0/s1. The Labute approximate surface area is 187 Å². The molecule has 3 atom stereocenters. The Bertz CT molecular complexity index is 804. The van der Waals surface area contributed by atoms with Gasteiger partial charge in [0.15, 0.2) is 0 Å². The fourth-order valence-electron chi connectivity index (χ4n) is 5.66. The zero-order valence-electron chi connectivity index (χ0n) is 19.1. The highest BCUT2D eigenvalue weighted by molar-refractivity contribution is 5.79. The topological polar surface area (TPSA) is 47.0 Å². The molecular formula is C26H37N3O2. The van der Waals surface area contributed by atoms with Gasteiger partial charge in [0.1, 0.15) is 0 Å². The van der Waals surface area contributed by atoms with Crippen LogP contribution < -0.4 is 0 Å². The summed E-state index contributed by atoms with van der Waals surface area (Å²) in [7, 11) is 4.04. The third kappa shape index (κ3) is 4.98. The third-order valence-electron chi connectivity index (χ3n) is 7.31. The van der Waals surface area contributed by atoms with Crippen LogP contribution in [0.15, 0.2) is 24.3 Å². The van der Waals surface area contributed by atoms with Crippen molar-refractivity contribution in [2.75, 3.05) is 46.9 Å². The first-order chi connectivity index (χ1) is 15.1. The molecule has 2 aliphatic heterocycles. The van der Waals surface area contributed by atoms with Crippen LogP contribution in [0.4, 0.5) is 0 Å². The van der Waals surface area contributed by atoms with Gasteiger partial charge in [-0.1, -0.05) is 36.8 Å². The Balaban J connectivity index is 1.49. The van der Waals surface area contributed by atoms with Crippen molar-refractivity contribution >= 4 is 5.91 Å². The minimum atomic E-state index is 0.150. The normalized spacial score (nSPS) is 27.1. The summed E-state index contributed by atoms with van der Waals surface area (Å²) in [4.78, 5) is 19.8. The Morgan fingerprint density at radius 3 is 2.48 bits per heavy atom. The van der Waals surface area contributed by atoms with Crippen LogP contribution in [-0.4, -0.2) is 84.7 Å². The Hall–Kier alpha value is -1.87. The van der Waals surface area contributed by atoms with Crippen molar-refractivity contribution < 1.29 is 9.90 Å². The summed E-state index contributed by atoms with van der Waals surface area (Å²) in [6, 6.07) is 8.99. The summed E-state index contributed by atoms with van der Waals surface area (Å²) in [5.74, 6) is 7.29. The van der Waals surface area contributed by atoms with Crippen LogP contribution in [0.1, 0.15) is 55.6 Å². The lowest BCUT2D eigenvalue weighted by Gasteiger charge is -2.57. The molecule has 0 radical (unpaired) electrons. The fraction of sp³-hybridized carbons (Fsp3) is 0.654. The maximum absolute atomic E-state index is 13.2. The molecule has 3 aliphatic rings. The maximum Gasteiger partial charge on any atom is 0.225 e. The summed E-state index contributed by atoms with van der Waals surface area (Å²) in [6.07, 6.45) is 6.66. The first-order valence-corrected chi connectivity index (χ1v) is 12.0. The van der Waals surface area contributed by atoms with Gasteiger partial charge in [-0.25, -0.2) is 0 Å². The van der Waals surface area contributed by atoms with Crippen molar-refractivity contribution in [2.24, 2.45) is 5.92 Å². The van der Waals surface area contributed by atoms with E-state index in [0.29, 0.717) is 11.9 Å². The second-order valence-electron chi connectivity index (χ2n) is 9.72. The van der Waals surface area contributed by atoms with E-state index in [0.717, 1.165) is 57.4 Å². The molecule has 3 fully saturated rings. The van der Waals surface area contributed by atoms with E-state index in [4.69, 9.17) is 0 Å². The van der Waals surface area contributed by atoms with Gasteiger partial charge < -0.3 is 10.0 Å². The van der Waals surface area contributed by atoms with Crippen LogP contribution in [0.2, 0.25) is 0 Å². The molecule has 1 N–H and O–H groups in total. The number of hydrogen-bond acceptors (Lipinski definition) is 4. The van der Waals surface area contributed by atoms with E-state index in [9.17, 15) is 9.90 Å². The van der Waals surface area contributed by atoms with Crippen molar-refractivity contribution in [3.05, 3.63) is 35.4 Å². The van der Waals surface area contributed by atoms with E-state index in [-0.39, 0.29) is 24.5 Å². The molecule has 0 bridgehead atoms. The second kappa shape index (κ2) is 10.2. The lowest BCUT2D eigenvalue weighted by Crippen LogP contribution is -2.68. The molecule has 0 aromatic heterocycles. The molecule has 5 nitrogen and oxygen atoms in total. The predicted molar refractivity (Wildman–Crippen MR) is 124 cm³/mol. The summed E-state index contributed by atoms with van der Waals surface area (Å²) in [6.45, 7) is 3.62. The van der Waals surface area contributed by atoms with Crippen molar-refractivity contribution in [2.45, 2.75) is 56.5 Å². The van der Waals surface area contributed by atoms with Gasteiger partial charge >= 0.3 is 0 Å². The van der Waals surface area contributed by atoms with Crippen LogP contribution in [0, 0.1) is 17.8 Å². The molecule has 2 heterocycles. The smallest absolute Gasteiger partial charge is 0.225 e. The molecule has 5 heteroatoms. The second-order valence-corrected chi connectivity index (χ2v) is 9.72. The highest BCUT2D eigenvalue weighted by atomic mass is 16.3. The van der Waals surface area contributed by atoms with E-state index in [2.05, 4.69) is 50.8 Å².